The molecule has 0 fully saturated rings. The molecule has 0 saturated heterocycles. The monoisotopic (exact) mass is 283 g/mol. The number of hydrogen-bond donors (Lipinski definition) is 0. The highest BCUT2D eigenvalue weighted by Crippen LogP contribution is 2.12. The smallest absolute Gasteiger partial charge is 0.0796 e. The van der Waals surface area contributed by atoms with Crippen molar-refractivity contribution in [3.63, 3.8) is 0 Å². The van der Waals surface area contributed by atoms with Crippen molar-refractivity contribution in [2.24, 2.45) is 0 Å². The Balaban J connectivity index is 0. The van der Waals surface area contributed by atoms with Gasteiger partial charge in [-0.3, -0.25) is 0 Å². The Morgan fingerprint density at radius 3 is 1.53 bits per heavy atom. The predicted molar refractivity (Wildman–Crippen MR) is 75.2 cm³/mol. The lowest BCUT2D eigenvalue weighted by Gasteiger charge is -2.35. The average molecular weight is 284 g/mol. The maximum Gasteiger partial charge on any atom is 0.0796 e. The van der Waals surface area contributed by atoms with Gasteiger partial charge in [-0.05, 0) is 25.7 Å². The van der Waals surface area contributed by atoms with Crippen molar-refractivity contribution in [2.45, 2.75) is 58.8 Å². The molecule has 0 aromatic heterocycles. The second-order valence-electron chi connectivity index (χ2n) is 5.25. The van der Waals surface area contributed by atoms with Crippen LogP contribution >= 0.6 is 11.6 Å². The summed E-state index contributed by atoms with van der Waals surface area (Å²) in [7, 11) is 2.41. The lowest BCUT2D eigenvalue weighted by molar-refractivity contribution is -0.910. The molecule has 0 amide bonds. The third-order valence-corrected chi connectivity index (χ3v) is 3.70. The van der Waals surface area contributed by atoms with Crippen molar-refractivity contribution in [1.82, 2.24) is 0 Å². The minimum Gasteiger partial charge on any atom is -1.00 e. The number of rotatable bonds is 11. The summed E-state index contributed by atoms with van der Waals surface area (Å²) in [6.07, 6.45) is 9.32. The number of hydrogen-bond acceptors (Lipinski definition) is 0. The first-order valence-electron chi connectivity index (χ1n) is 7.08. The maximum absolute atomic E-state index is 5.82. The van der Waals surface area contributed by atoms with Crippen molar-refractivity contribution in [1.29, 1.82) is 0 Å². The Hall–Kier alpha value is 0.540. The van der Waals surface area contributed by atoms with Gasteiger partial charge in [-0.25, -0.2) is 0 Å². The molecule has 0 rings (SSSR count). The zero-order valence-electron chi connectivity index (χ0n) is 12.0. The zero-order valence-corrected chi connectivity index (χ0v) is 13.5. The fraction of sp³-hybridized carbons (Fsp3) is 1.00. The molecule has 3 heteroatoms. The van der Waals surface area contributed by atoms with E-state index in [0.29, 0.717) is 0 Å². The van der Waals surface area contributed by atoms with Crippen LogP contribution in [0.2, 0.25) is 0 Å². The van der Waals surface area contributed by atoms with E-state index in [1.54, 1.807) is 0 Å². The molecule has 0 aliphatic rings. The van der Waals surface area contributed by atoms with E-state index in [4.69, 9.17) is 11.6 Å². The summed E-state index contributed by atoms with van der Waals surface area (Å²) in [5, 5.41) is 0. The normalized spacial score (nSPS) is 11.3. The molecule has 106 valence electrons. The SMILES string of the molecule is CCCCC[N+](C)(CCCCl)CCCCC.[Cl-]. The summed E-state index contributed by atoms with van der Waals surface area (Å²) >= 11 is 5.82. The van der Waals surface area contributed by atoms with Crippen molar-refractivity contribution >= 4 is 11.6 Å². The fourth-order valence-corrected chi connectivity index (χ4v) is 2.38. The van der Waals surface area contributed by atoms with E-state index in [-0.39, 0.29) is 12.4 Å². The van der Waals surface area contributed by atoms with E-state index < -0.39 is 0 Å². The molecule has 0 aromatic carbocycles. The lowest BCUT2D eigenvalue weighted by Crippen LogP contribution is -3.00. The molecule has 17 heavy (non-hydrogen) atoms. The van der Waals surface area contributed by atoms with Gasteiger partial charge < -0.3 is 16.9 Å². The van der Waals surface area contributed by atoms with Gasteiger partial charge in [0, 0.05) is 12.3 Å². The highest BCUT2D eigenvalue weighted by molar-refractivity contribution is 6.17. The summed E-state index contributed by atoms with van der Waals surface area (Å²) in [5.74, 6) is 0.815. The molecule has 0 atom stereocenters. The molecule has 1 nitrogen and oxygen atoms in total. The summed E-state index contributed by atoms with van der Waals surface area (Å²) in [5.41, 5.74) is 0. The Morgan fingerprint density at radius 1 is 0.765 bits per heavy atom. The number of nitrogens with zero attached hydrogens (tertiary/aromatic N) is 1. The van der Waals surface area contributed by atoms with Crippen LogP contribution in [0.15, 0.2) is 0 Å². The Morgan fingerprint density at radius 2 is 1.18 bits per heavy atom. The third-order valence-electron chi connectivity index (χ3n) is 3.43. The van der Waals surface area contributed by atoms with Crippen molar-refractivity contribution in [3.05, 3.63) is 0 Å². The average Bonchev–Trinajstić information content (AvgIpc) is 2.27. The highest BCUT2D eigenvalue weighted by Gasteiger charge is 2.19. The molecule has 0 radical (unpaired) electrons. The van der Waals surface area contributed by atoms with E-state index in [1.807, 2.05) is 0 Å². The molecular weight excluding hydrogens is 253 g/mol. The van der Waals surface area contributed by atoms with Crippen LogP contribution in [0.1, 0.15) is 58.8 Å². The lowest BCUT2D eigenvalue weighted by atomic mass is 10.1. The van der Waals surface area contributed by atoms with Gasteiger partial charge in [0.25, 0.3) is 0 Å². The van der Waals surface area contributed by atoms with Gasteiger partial charge in [-0.1, -0.05) is 26.7 Å². The van der Waals surface area contributed by atoms with Gasteiger partial charge in [0.15, 0.2) is 0 Å². The van der Waals surface area contributed by atoms with Crippen molar-refractivity contribution < 1.29 is 16.9 Å². The molecule has 0 saturated carbocycles. The predicted octanol–water partition coefficient (Wildman–Crippen LogP) is 1.45. The van der Waals surface area contributed by atoms with Crippen LogP contribution in [-0.2, 0) is 0 Å². The standard InChI is InChI=1S/C14H31ClN.ClH/c1-4-6-8-12-16(3,14-10-11-15)13-9-7-5-2;/h4-14H2,1-3H3;1H/q+1;/p-1. The topological polar surface area (TPSA) is 0 Å². The van der Waals surface area contributed by atoms with E-state index in [2.05, 4.69) is 20.9 Å². The number of alkyl halides is 1. The third kappa shape index (κ3) is 11.4. The number of quaternary nitrogens is 1. The van der Waals surface area contributed by atoms with Crippen LogP contribution in [0, 0.1) is 0 Å². The fourth-order valence-electron chi connectivity index (χ4n) is 2.26. The molecule has 0 spiro atoms. The molecular formula is C14H31Cl2N. The van der Waals surface area contributed by atoms with Gasteiger partial charge in [0.2, 0.25) is 0 Å². The van der Waals surface area contributed by atoms with Crippen molar-refractivity contribution in [2.75, 3.05) is 32.6 Å². The molecule has 0 aromatic rings. The first-order valence-corrected chi connectivity index (χ1v) is 7.61. The second kappa shape index (κ2) is 13.0. The molecule has 0 heterocycles. The largest absolute Gasteiger partial charge is 1.00 e. The van der Waals surface area contributed by atoms with Crippen LogP contribution in [0.4, 0.5) is 0 Å². The second-order valence-corrected chi connectivity index (χ2v) is 5.63. The van der Waals surface area contributed by atoms with Gasteiger partial charge in [0.05, 0.1) is 26.7 Å². The Bertz CT molecular complexity index is 141. The summed E-state index contributed by atoms with van der Waals surface area (Å²) in [6.45, 7) is 8.50. The summed E-state index contributed by atoms with van der Waals surface area (Å²) in [6, 6.07) is 0. The quantitative estimate of drug-likeness (QED) is 0.306. The minimum absolute atomic E-state index is 0. The van der Waals surface area contributed by atoms with Crippen LogP contribution in [0.3, 0.4) is 0 Å². The molecule has 0 unspecified atom stereocenters. The van der Waals surface area contributed by atoms with E-state index in [0.717, 1.165) is 12.3 Å². The van der Waals surface area contributed by atoms with E-state index >= 15 is 0 Å². The Kier molecular flexibility index (Phi) is 15.2. The summed E-state index contributed by atoms with van der Waals surface area (Å²) in [4.78, 5) is 0. The number of halogens is 2. The molecule has 0 N–H and O–H groups in total. The van der Waals surface area contributed by atoms with Crippen LogP contribution in [0.25, 0.3) is 0 Å². The van der Waals surface area contributed by atoms with Crippen molar-refractivity contribution in [3.8, 4) is 0 Å². The zero-order chi connectivity index (χ0) is 12.3. The van der Waals surface area contributed by atoms with E-state index in [1.165, 1.54) is 62.6 Å². The molecule has 0 bridgehead atoms. The van der Waals surface area contributed by atoms with E-state index in [9.17, 15) is 0 Å². The number of unbranched alkanes of at least 4 members (excludes halogenated alkanes) is 4. The maximum atomic E-state index is 5.82. The van der Waals surface area contributed by atoms with Gasteiger partial charge in [0.1, 0.15) is 0 Å². The van der Waals surface area contributed by atoms with Crippen LogP contribution in [-0.4, -0.2) is 37.0 Å². The molecule has 0 aliphatic heterocycles. The minimum atomic E-state index is 0. The Labute approximate surface area is 120 Å². The first kappa shape index (κ1) is 19.9. The van der Waals surface area contributed by atoms with Crippen LogP contribution < -0.4 is 12.4 Å². The van der Waals surface area contributed by atoms with Gasteiger partial charge in [-0.15, -0.1) is 11.6 Å². The van der Waals surface area contributed by atoms with Crippen LogP contribution in [0.5, 0.6) is 0 Å². The van der Waals surface area contributed by atoms with Gasteiger partial charge >= 0.3 is 0 Å². The van der Waals surface area contributed by atoms with Gasteiger partial charge in [-0.2, -0.15) is 0 Å². The first-order chi connectivity index (χ1) is 7.68. The highest BCUT2D eigenvalue weighted by atomic mass is 35.5. The summed E-state index contributed by atoms with van der Waals surface area (Å²) < 4.78 is 1.24. The molecule has 0 aliphatic carbocycles.